The molecule has 0 fully saturated rings. The lowest BCUT2D eigenvalue weighted by atomic mass is 10.1. The van der Waals surface area contributed by atoms with Gasteiger partial charge in [0, 0.05) is 6.07 Å². The van der Waals surface area contributed by atoms with Gasteiger partial charge in [-0.2, -0.15) is 5.10 Å². The van der Waals surface area contributed by atoms with Crippen LogP contribution in [-0.2, 0) is 6.54 Å². The van der Waals surface area contributed by atoms with E-state index in [0.29, 0.717) is 0 Å². The highest BCUT2D eigenvalue weighted by atomic mass is 16.5. The fourth-order valence-corrected chi connectivity index (χ4v) is 1.78. The smallest absolute Gasteiger partial charge is 0.266 e. The first-order chi connectivity index (χ1) is 9.10. The Morgan fingerprint density at radius 3 is 2.58 bits per heavy atom. The number of aliphatic hydroxyl groups excluding tert-OH is 1. The lowest BCUT2D eigenvalue weighted by Crippen LogP contribution is -2.25. The van der Waals surface area contributed by atoms with Crippen molar-refractivity contribution in [2.75, 3.05) is 7.11 Å². The maximum absolute atomic E-state index is 11.6. The molecule has 5 heteroatoms. The first kappa shape index (κ1) is 13.3. The maximum Gasteiger partial charge on any atom is 0.266 e. The van der Waals surface area contributed by atoms with Crippen LogP contribution in [0.5, 0.6) is 5.75 Å². The van der Waals surface area contributed by atoms with Gasteiger partial charge in [0.1, 0.15) is 5.75 Å². The van der Waals surface area contributed by atoms with Crippen LogP contribution in [0.4, 0.5) is 0 Å². The van der Waals surface area contributed by atoms with Crippen molar-refractivity contribution in [3.05, 3.63) is 58.0 Å². The molecule has 0 aliphatic rings. The summed E-state index contributed by atoms with van der Waals surface area (Å²) >= 11 is 0. The van der Waals surface area contributed by atoms with E-state index in [2.05, 4.69) is 5.10 Å². The fourth-order valence-electron chi connectivity index (χ4n) is 1.78. The lowest BCUT2D eigenvalue weighted by molar-refractivity contribution is 0.149. The first-order valence-corrected chi connectivity index (χ1v) is 5.97. The molecule has 100 valence electrons. The van der Waals surface area contributed by atoms with E-state index < -0.39 is 6.10 Å². The molecule has 1 aromatic carbocycles. The van der Waals surface area contributed by atoms with Crippen LogP contribution in [0, 0.1) is 6.92 Å². The normalized spacial score (nSPS) is 12.2. The molecule has 5 nitrogen and oxygen atoms in total. The van der Waals surface area contributed by atoms with Crippen LogP contribution >= 0.6 is 0 Å². The second-order valence-corrected chi connectivity index (χ2v) is 4.28. The van der Waals surface area contributed by atoms with Gasteiger partial charge in [0.05, 0.1) is 25.5 Å². The zero-order valence-corrected chi connectivity index (χ0v) is 10.9. The predicted molar refractivity (Wildman–Crippen MR) is 71.2 cm³/mol. The van der Waals surface area contributed by atoms with E-state index in [1.54, 1.807) is 44.4 Å². The van der Waals surface area contributed by atoms with Crippen LogP contribution < -0.4 is 10.3 Å². The zero-order chi connectivity index (χ0) is 13.8. The summed E-state index contributed by atoms with van der Waals surface area (Å²) in [6.07, 6.45) is -0.780. The average Bonchev–Trinajstić information content (AvgIpc) is 2.43. The van der Waals surface area contributed by atoms with Gasteiger partial charge in [-0.25, -0.2) is 4.68 Å². The SMILES string of the molecule is COc1ccc(C(O)Cn2nc(C)ccc2=O)cc1. The van der Waals surface area contributed by atoms with Crippen molar-refractivity contribution in [1.82, 2.24) is 9.78 Å². The quantitative estimate of drug-likeness (QED) is 0.899. The molecule has 0 radical (unpaired) electrons. The second-order valence-electron chi connectivity index (χ2n) is 4.28. The highest BCUT2D eigenvalue weighted by molar-refractivity contribution is 5.28. The minimum atomic E-state index is -0.780. The number of aromatic nitrogens is 2. The van der Waals surface area contributed by atoms with Crippen LogP contribution in [0.25, 0.3) is 0 Å². The molecular formula is C14H16N2O3. The third-order valence-corrected chi connectivity index (χ3v) is 2.85. The Balaban J connectivity index is 2.17. The molecule has 0 aliphatic carbocycles. The Morgan fingerprint density at radius 2 is 1.95 bits per heavy atom. The molecule has 1 unspecified atom stereocenters. The minimum absolute atomic E-state index is 0.132. The van der Waals surface area contributed by atoms with Crippen LogP contribution in [0.1, 0.15) is 17.4 Å². The molecule has 1 atom stereocenters. The number of hydrogen-bond donors (Lipinski definition) is 1. The van der Waals surface area contributed by atoms with Gasteiger partial charge in [-0.05, 0) is 30.7 Å². The molecule has 0 bridgehead atoms. The van der Waals surface area contributed by atoms with E-state index >= 15 is 0 Å². The lowest BCUT2D eigenvalue weighted by Gasteiger charge is -2.12. The van der Waals surface area contributed by atoms with Gasteiger partial charge in [0.15, 0.2) is 0 Å². The van der Waals surface area contributed by atoms with E-state index in [-0.39, 0.29) is 12.1 Å². The third-order valence-electron chi connectivity index (χ3n) is 2.85. The number of ether oxygens (including phenoxy) is 1. The monoisotopic (exact) mass is 260 g/mol. The molecule has 1 N–H and O–H groups in total. The largest absolute Gasteiger partial charge is 0.497 e. The van der Waals surface area contributed by atoms with Gasteiger partial charge in [-0.15, -0.1) is 0 Å². The maximum atomic E-state index is 11.6. The molecular weight excluding hydrogens is 244 g/mol. The summed E-state index contributed by atoms with van der Waals surface area (Å²) in [5.74, 6) is 0.724. The molecule has 1 heterocycles. The molecule has 2 rings (SSSR count). The number of aliphatic hydroxyl groups is 1. The van der Waals surface area contributed by atoms with Gasteiger partial charge in [-0.1, -0.05) is 12.1 Å². The van der Waals surface area contributed by atoms with Crippen LogP contribution in [-0.4, -0.2) is 22.0 Å². The molecule has 0 aliphatic heterocycles. The Hall–Kier alpha value is -2.14. The Bertz CT molecular complexity index is 605. The minimum Gasteiger partial charge on any atom is -0.497 e. The van der Waals surface area contributed by atoms with E-state index in [0.717, 1.165) is 17.0 Å². The van der Waals surface area contributed by atoms with Gasteiger partial charge >= 0.3 is 0 Å². The van der Waals surface area contributed by atoms with Crippen LogP contribution in [0.3, 0.4) is 0 Å². The highest BCUT2D eigenvalue weighted by Crippen LogP contribution is 2.18. The molecule has 0 saturated heterocycles. The molecule has 19 heavy (non-hydrogen) atoms. The van der Waals surface area contributed by atoms with E-state index in [1.807, 2.05) is 0 Å². The summed E-state index contributed by atoms with van der Waals surface area (Å²) in [5.41, 5.74) is 1.23. The van der Waals surface area contributed by atoms with Crippen LogP contribution in [0.2, 0.25) is 0 Å². The number of benzene rings is 1. The summed E-state index contributed by atoms with van der Waals surface area (Å²) in [4.78, 5) is 11.6. The fraction of sp³-hybridized carbons (Fsp3) is 0.286. The zero-order valence-electron chi connectivity index (χ0n) is 10.9. The van der Waals surface area contributed by atoms with Crippen molar-refractivity contribution in [2.24, 2.45) is 0 Å². The van der Waals surface area contributed by atoms with Crippen molar-refractivity contribution in [1.29, 1.82) is 0 Å². The molecule has 1 aromatic heterocycles. The number of rotatable bonds is 4. The highest BCUT2D eigenvalue weighted by Gasteiger charge is 2.10. The van der Waals surface area contributed by atoms with Crippen molar-refractivity contribution >= 4 is 0 Å². The van der Waals surface area contributed by atoms with Gasteiger partial charge in [0.25, 0.3) is 5.56 Å². The summed E-state index contributed by atoms with van der Waals surface area (Å²) in [7, 11) is 1.58. The molecule has 0 saturated carbocycles. The van der Waals surface area contributed by atoms with Gasteiger partial charge < -0.3 is 9.84 Å². The summed E-state index contributed by atoms with van der Waals surface area (Å²) < 4.78 is 6.32. The average molecular weight is 260 g/mol. The van der Waals surface area contributed by atoms with Crippen molar-refractivity contribution < 1.29 is 9.84 Å². The van der Waals surface area contributed by atoms with Crippen molar-refractivity contribution in [3.63, 3.8) is 0 Å². The predicted octanol–water partition coefficient (Wildman–Crippen LogP) is 1.29. The van der Waals surface area contributed by atoms with Gasteiger partial charge in [-0.3, -0.25) is 4.79 Å². The number of hydrogen-bond acceptors (Lipinski definition) is 4. The van der Waals surface area contributed by atoms with Crippen molar-refractivity contribution in [2.45, 2.75) is 19.6 Å². The van der Waals surface area contributed by atoms with E-state index in [4.69, 9.17) is 4.74 Å². The number of nitrogens with zero attached hydrogens (tertiary/aromatic N) is 2. The second kappa shape index (κ2) is 5.67. The molecule has 0 amide bonds. The summed E-state index contributed by atoms with van der Waals surface area (Å²) in [6.45, 7) is 1.93. The van der Waals surface area contributed by atoms with Gasteiger partial charge in [0.2, 0.25) is 0 Å². The summed E-state index contributed by atoms with van der Waals surface area (Å²) in [5, 5.41) is 14.2. The molecule has 2 aromatic rings. The standard InChI is InChI=1S/C14H16N2O3/c1-10-3-8-14(18)16(15-10)9-13(17)11-4-6-12(19-2)7-5-11/h3-8,13,17H,9H2,1-2H3. The van der Waals surface area contributed by atoms with E-state index in [1.165, 1.54) is 10.7 Å². The number of methoxy groups -OCH3 is 1. The van der Waals surface area contributed by atoms with Crippen LogP contribution in [0.15, 0.2) is 41.2 Å². The Labute approximate surface area is 111 Å². The Morgan fingerprint density at radius 1 is 1.26 bits per heavy atom. The number of aryl methyl sites for hydroxylation is 1. The van der Waals surface area contributed by atoms with E-state index in [9.17, 15) is 9.90 Å². The topological polar surface area (TPSA) is 64.3 Å². The Kier molecular flexibility index (Phi) is 3.97. The molecule has 0 spiro atoms. The first-order valence-electron chi connectivity index (χ1n) is 5.97. The summed E-state index contributed by atoms with van der Waals surface area (Å²) in [6, 6.07) is 10.2. The van der Waals surface area contributed by atoms with Crippen molar-refractivity contribution in [3.8, 4) is 5.75 Å². The third kappa shape index (κ3) is 3.20.